The fourth-order valence-corrected chi connectivity index (χ4v) is 2.90. The second-order valence-corrected chi connectivity index (χ2v) is 6.02. The first kappa shape index (κ1) is 15.5. The highest BCUT2D eigenvalue weighted by Crippen LogP contribution is 2.20. The molecule has 112 valence electrons. The third-order valence-electron chi connectivity index (χ3n) is 4.17. The molecule has 0 spiro atoms. The van der Waals surface area contributed by atoms with E-state index in [9.17, 15) is 0 Å². The highest BCUT2D eigenvalue weighted by molar-refractivity contribution is 5.25. The zero-order valence-electron chi connectivity index (χ0n) is 13.2. The summed E-state index contributed by atoms with van der Waals surface area (Å²) in [7, 11) is 4.37. The molecular formula is C17H29N3. The van der Waals surface area contributed by atoms with Crippen molar-refractivity contribution in [2.45, 2.75) is 25.8 Å². The largest absolute Gasteiger partial charge is 0.314 e. The zero-order valence-corrected chi connectivity index (χ0v) is 13.2. The Morgan fingerprint density at radius 3 is 2.35 bits per heavy atom. The molecule has 20 heavy (non-hydrogen) atoms. The van der Waals surface area contributed by atoms with Crippen LogP contribution in [0, 0.1) is 0 Å². The molecule has 0 amide bonds. The quantitative estimate of drug-likeness (QED) is 0.858. The van der Waals surface area contributed by atoms with Crippen molar-refractivity contribution in [3.63, 3.8) is 0 Å². The van der Waals surface area contributed by atoms with Gasteiger partial charge < -0.3 is 10.2 Å². The molecule has 1 aromatic rings. The van der Waals surface area contributed by atoms with Gasteiger partial charge in [0, 0.05) is 38.8 Å². The van der Waals surface area contributed by atoms with E-state index >= 15 is 0 Å². The summed E-state index contributed by atoms with van der Waals surface area (Å²) in [4.78, 5) is 4.91. The van der Waals surface area contributed by atoms with E-state index in [4.69, 9.17) is 0 Å². The number of hydrogen-bond donors (Lipinski definition) is 1. The molecular weight excluding hydrogens is 246 g/mol. The second kappa shape index (κ2) is 7.77. The van der Waals surface area contributed by atoms with Crippen LogP contribution >= 0.6 is 0 Å². The van der Waals surface area contributed by atoms with Crippen LogP contribution in [0.1, 0.15) is 30.5 Å². The van der Waals surface area contributed by atoms with Crippen molar-refractivity contribution in [3.05, 3.63) is 35.4 Å². The topological polar surface area (TPSA) is 18.5 Å². The van der Waals surface area contributed by atoms with Gasteiger partial charge in [0.2, 0.25) is 0 Å². The van der Waals surface area contributed by atoms with Crippen molar-refractivity contribution in [2.24, 2.45) is 0 Å². The molecule has 1 heterocycles. The Bertz CT molecular complexity index is 380. The maximum Gasteiger partial charge on any atom is 0.0469 e. The van der Waals surface area contributed by atoms with Crippen LogP contribution in [0.3, 0.4) is 0 Å². The van der Waals surface area contributed by atoms with Crippen molar-refractivity contribution >= 4 is 0 Å². The molecule has 3 nitrogen and oxygen atoms in total. The van der Waals surface area contributed by atoms with Crippen LogP contribution in [0.5, 0.6) is 0 Å². The molecule has 0 aromatic heterocycles. The molecule has 0 bridgehead atoms. The minimum Gasteiger partial charge on any atom is -0.314 e. The summed E-state index contributed by atoms with van der Waals surface area (Å²) in [5.74, 6) is 0. The monoisotopic (exact) mass is 275 g/mol. The van der Waals surface area contributed by atoms with Crippen LogP contribution in [-0.2, 0) is 6.42 Å². The van der Waals surface area contributed by atoms with E-state index in [1.165, 1.54) is 24.0 Å². The zero-order chi connectivity index (χ0) is 14.4. The number of aryl methyl sites for hydroxylation is 1. The molecule has 0 aliphatic carbocycles. The fourth-order valence-electron chi connectivity index (χ4n) is 2.90. The van der Waals surface area contributed by atoms with E-state index in [1.54, 1.807) is 0 Å². The lowest BCUT2D eigenvalue weighted by atomic mass is 10.0. The van der Waals surface area contributed by atoms with Gasteiger partial charge in [0.25, 0.3) is 0 Å². The highest BCUT2D eigenvalue weighted by Gasteiger charge is 2.19. The van der Waals surface area contributed by atoms with E-state index in [1.807, 2.05) is 0 Å². The maximum atomic E-state index is 3.42. The van der Waals surface area contributed by atoms with Crippen molar-refractivity contribution in [1.29, 1.82) is 0 Å². The van der Waals surface area contributed by atoms with Gasteiger partial charge in [-0.05, 0) is 31.6 Å². The van der Waals surface area contributed by atoms with Crippen LogP contribution in [0.15, 0.2) is 24.3 Å². The molecule has 3 heteroatoms. The lowest BCUT2D eigenvalue weighted by Crippen LogP contribution is -2.46. The Labute approximate surface area is 124 Å². The van der Waals surface area contributed by atoms with Crippen LogP contribution < -0.4 is 5.32 Å². The molecule has 1 fully saturated rings. The first-order valence-corrected chi connectivity index (χ1v) is 7.89. The lowest BCUT2D eigenvalue weighted by Gasteiger charge is -2.34. The first-order chi connectivity index (χ1) is 9.70. The predicted octanol–water partition coefficient (Wildman–Crippen LogP) is 2.15. The Morgan fingerprint density at radius 1 is 1.15 bits per heavy atom. The van der Waals surface area contributed by atoms with Gasteiger partial charge in [0.15, 0.2) is 0 Å². The van der Waals surface area contributed by atoms with Gasteiger partial charge >= 0.3 is 0 Å². The van der Waals surface area contributed by atoms with Crippen molar-refractivity contribution in [1.82, 2.24) is 15.1 Å². The molecule has 0 radical (unpaired) electrons. The second-order valence-electron chi connectivity index (χ2n) is 6.02. The minimum absolute atomic E-state index is 0.490. The highest BCUT2D eigenvalue weighted by atomic mass is 15.2. The standard InChI is InChI=1S/C17H29N3/c1-4-5-15-6-8-16(9-7-15)17(19(2)3)14-20-12-10-18-11-13-20/h6-9,17-18H,4-5,10-14H2,1-3H3. The number of likely N-dealkylation sites (N-methyl/N-ethyl adjacent to an activating group) is 1. The van der Waals surface area contributed by atoms with Gasteiger partial charge in [-0.3, -0.25) is 4.90 Å². The Hall–Kier alpha value is -0.900. The van der Waals surface area contributed by atoms with Crippen molar-refractivity contribution < 1.29 is 0 Å². The maximum absolute atomic E-state index is 3.42. The Balaban J connectivity index is 2.03. The predicted molar refractivity (Wildman–Crippen MR) is 86.2 cm³/mol. The summed E-state index contributed by atoms with van der Waals surface area (Å²) in [5.41, 5.74) is 2.89. The number of benzene rings is 1. The third-order valence-corrected chi connectivity index (χ3v) is 4.17. The molecule has 1 unspecified atom stereocenters. The summed E-state index contributed by atoms with van der Waals surface area (Å²) in [5, 5.41) is 3.42. The van der Waals surface area contributed by atoms with Crippen molar-refractivity contribution in [2.75, 3.05) is 46.8 Å². The Morgan fingerprint density at radius 2 is 1.80 bits per heavy atom. The van der Waals surface area contributed by atoms with E-state index in [0.717, 1.165) is 32.7 Å². The SMILES string of the molecule is CCCc1ccc(C(CN2CCNCC2)N(C)C)cc1. The molecule has 1 aliphatic rings. The van der Waals surface area contributed by atoms with Crippen LogP contribution in [-0.4, -0.2) is 56.6 Å². The summed E-state index contributed by atoms with van der Waals surface area (Å²) in [6.45, 7) is 7.93. The smallest absolute Gasteiger partial charge is 0.0469 e. The average molecular weight is 275 g/mol. The first-order valence-electron chi connectivity index (χ1n) is 7.89. The molecule has 1 N–H and O–H groups in total. The normalized spacial score (nSPS) is 18.4. The molecule has 1 aromatic carbocycles. The summed E-state index contributed by atoms with van der Waals surface area (Å²) in [6.07, 6.45) is 2.40. The number of nitrogens with one attached hydrogen (secondary N) is 1. The summed E-state index contributed by atoms with van der Waals surface area (Å²) < 4.78 is 0. The van der Waals surface area contributed by atoms with E-state index in [0.29, 0.717) is 6.04 Å². The molecule has 1 atom stereocenters. The third kappa shape index (κ3) is 4.30. The summed E-state index contributed by atoms with van der Waals surface area (Å²) in [6, 6.07) is 9.72. The van der Waals surface area contributed by atoms with Crippen LogP contribution in [0.2, 0.25) is 0 Å². The molecule has 1 saturated heterocycles. The number of piperazine rings is 1. The number of rotatable bonds is 6. The Kier molecular flexibility index (Phi) is 6.02. The molecule has 2 rings (SSSR count). The van der Waals surface area contributed by atoms with Gasteiger partial charge in [-0.25, -0.2) is 0 Å². The number of nitrogens with zero attached hydrogens (tertiary/aromatic N) is 2. The van der Waals surface area contributed by atoms with Gasteiger partial charge in [-0.1, -0.05) is 37.6 Å². The van der Waals surface area contributed by atoms with Gasteiger partial charge in [0.1, 0.15) is 0 Å². The molecule has 0 saturated carbocycles. The average Bonchev–Trinajstić information content (AvgIpc) is 2.47. The van der Waals surface area contributed by atoms with Gasteiger partial charge in [-0.2, -0.15) is 0 Å². The van der Waals surface area contributed by atoms with Crippen LogP contribution in [0.25, 0.3) is 0 Å². The number of hydrogen-bond acceptors (Lipinski definition) is 3. The lowest BCUT2D eigenvalue weighted by molar-refractivity contribution is 0.168. The fraction of sp³-hybridized carbons (Fsp3) is 0.647. The van der Waals surface area contributed by atoms with E-state index in [-0.39, 0.29) is 0 Å². The van der Waals surface area contributed by atoms with E-state index in [2.05, 4.69) is 60.4 Å². The van der Waals surface area contributed by atoms with Gasteiger partial charge in [0.05, 0.1) is 0 Å². The van der Waals surface area contributed by atoms with E-state index < -0.39 is 0 Å². The minimum atomic E-state index is 0.490. The molecule has 1 aliphatic heterocycles. The summed E-state index contributed by atoms with van der Waals surface area (Å²) >= 11 is 0. The van der Waals surface area contributed by atoms with Gasteiger partial charge in [-0.15, -0.1) is 0 Å². The van der Waals surface area contributed by atoms with Crippen LogP contribution in [0.4, 0.5) is 0 Å². The van der Waals surface area contributed by atoms with Crippen molar-refractivity contribution in [3.8, 4) is 0 Å².